The van der Waals surface area contributed by atoms with Crippen molar-refractivity contribution in [3.05, 3.63) is 29.3 Å². The maximum Gasteiger partial charge on any atom is 0.409 e. The molecule has 1 aromatic carbocycles. The Labute approximate surface area is 152 Å². The number of likely N-dealkylation sites (tertiary alicyclic amines) is 1. The molecule has 142 valence electrons. The third-order valence-corrected chi connectivity index (χ3v) is 4.09. The standard InChI is InChI=1S/C18H24N2O6/c1-3-25-18(24)20-8-6-13(7-9-20)19-16(22)11-26-17(23)14-5-4-12(2)10-15(14)21/h4-5,10,13,21H,3,6-9,11H2,1-2H3,(H,19,22). The molecule has 1 fully saturated rings. The van der Waals surface area contributed by atoms with Gasteiger partial charge in [0.05, 0.1) is 6.61 Å². The van der Waals surface area contributed by atoms with Gasteiger partial charge in [-0.3, -0.25) is 4.79 Å². The van der Waals surface area contributed by atoms with Gasteiger partial charge >= 0.3 is 12.1 Å². The minimum Gasteiger partial charge on any atom is -0.507 e. The number of nitrogens with zero attached hydrogens (tertiary/aromatic N) is 1. The number of hydrogen-bond donors (Lipinski definition) is 2. The Balaban J connectivity index is 1.74. The number of ether oxygens (including phenoxy) is 2. The highest BCUT2D eigenvalue weighted by atomic mass is 16.6. The van der Waals surface area contributed by atoms with E-state index in [1.165, 1.54) is 12.1 Å². The van der Waals surface area contributed by atoms with Crippen LogP contribution in [-0.2, 0) is 14.3 Å². The molecule has 1 aliphatic heterocycles. The van der Waals surface area contributed by atoms with Gasteiger partial charge in [-0.1, -0.05) is 6.07 Å². The zero-order valence-electron chi connectivity index (χ0n) is 15.0. The van der Waals surface area contributed by atoms with Crippen LogP contribution in [0.1, 0.15) is 35.7 Å². The van der Waals surface area contributed by atoms with Gasteiger partial charge in [0.2, 0.25) is 0 Å². The molecule has 0 aliphatic carbocycles. The number of benzene rings is 1. The third kappa shape index (κ3) is 5.37. The highest BCUT2D eigenvalue weighted by Gasteiger charge is 2.25. The molecule has 0 saturated carbocycles. The summed E-state index contributed by atoms with van der Waals surface area (Å²) in [6, 6.07) is 4.50. The quantitative estimate of drug-likeness (QED) is 0.769. The fourth-order valence-corrected chi connectivity index (χ4v) is 2.71. The predicted molar refractivity (Wildman–Crippen MR) is 92.9 cm³/mol. The number of aromatic hydroxyl groups is 1. The Hall–Kier alpha value is -2.77. The number of phenolic OH excluding ortho intramolecular Hbond substituents is 1. The van der Waals surface area contributed by atoms with Gasteiger partial charge in [-0.15, -0.1) is 0 Å². The summed E-state index contributed by atoms with van der Waals surface area (Å²) in [5.74, 6) is -1.35. The summed E-state index contributed by atoms with van der Waals surface area (Å²) in [7, 11) is 0. The molecule has 0 aromatic heterocycles. The normalized spacial score (nSPS) is 14.6. The molecule has 2 N–H and O–H groups in total. The minimum atomic E-state index is -0.755. The lowest BCUT2D eigenvalue weighted by molar-refractivity contribution is -0.125. The molecular formula is C18H24N2O6. The van der Waals surface area contributed by atoms with Gasteiger partial charge in [0, 0.05) is 19.1 Å². The summed E-state index contributed by atoms with van der Waals surface area (Å²) in [5.41, 5.74) is 0.831. The molecule has 0 spiro atoms. The van der Waals surface area contributed by atoms with Crippen molar-refractivity contribution >= 4 is 18.0 Å². The van der Waals surface area contributed by atoms with Crippen LogP contribution in [0.25, 0.3) is 0 Å². The van der Waals surface area contributed by atoms with Gasteiger partial charge in [-0.2, -0.15) is 0 Å². The second-order valence-corrected chi connectivity index (χ2v) is 6.12. The van der Waals surface area contributed by atoms with E-state index in [9.17, 15) is 19.5 Å². The van der Waals surface area contributed by atoms with E-state index < -0.39 is 18.5 Å². The summed E-state index contributed by atoms with van der Waals surface area (Å²) in [5, 5.41) is 12.5. The number of aryl methyl sites for hydroxylation is 1. The fourth-order valence-electron chi connectivity index (χ4n) is 2.71. The molecule has 0 unspecified atom stereocenters. The molecule has 0 atom stereocenters. The number of esters is 1. The topological polar surface area (TPSA) is 105 Å². The van der Waals surface area contributed by atoms with Crippen molar-refractivity contribution in [2.24, 2.45) is 0 Å². The van der Waals surface area contributed by atoms with Crippen LogP contribution >= 0.6 is 0 Å². The maximum atomic E-state index is 11.9. The van der Waals surface area contributed by atoms with E-state index in [2.05, 4.69) is 5.32 Å². The van der Waals surface area contributed by atoms with Gasteiger partial charge in [-0.05, 0) is 44.4 Å². The number of amides is 2. The molecular weight excluding hydrogens is 340 g/mol. The summed E-state index contributed by atoms with van der Waals surface area (Å²) < 4.78 is 9.89. The molecule has 8 nitrogen and oxygen atoms in total. The number of nitrogens with one attached hydrogen (secondary N) is 1. The molecule has 2 rings (SSSR count). The van der Waals surface area contributed by atoms with Crippen LogP contribution in [0.2, 0.25) is 0 Å². The first-order valence-corrected chi connectivity index (χ1v) is 8.58. The first-order chi connectivity index (χ1) is 12.4. The maximum absolute atomic E-state index is 11.9. The molecule has 0 bridgehead atoms. The molecule has 2 amide bonds. The largest absolute Gasteiger partial charge is 0.507 e. The van der Waals surface area contributed by atoms with Crippen LogP contribution in [0.15, 0.2) is 18.2 Å². The number of carbonyl (C=O) groups excluding carboxylic acids is 3. The fraction of sp³-hybridized carbons (Fsp3) is 0.500. The summed E-state index contributed by atoms with van der Waals surface area (Å²) in [4.78, 5) is 37.1. The molecule has 1 saturated heterocycles. The first-order valence-electron chi connectivity index (χ1n) is 8.58. The van der Waals surface area contributed by atoms with Crippen molar-refractivity contribution in [3.8, 4) is 5.75 Å². The van der Waals surface area contributed by atoms with Crippen LogP contribution in [0.3, 0.4) is 0 Å². The highest BCUT2D eigenvalue weighted by molar-refractivity contribution is 5.94. The Morgan fingerprint density at radius 1 is 1.23 bits per heavy atom. The van der Waals surface area contributed by atoms with Gasteiger partial charge in [-0.25, -0.2) is 9.59 Å². The van der Waals surface area contributed by atoms with Crippen molar-refractivity contribution in [2.45, 2.75) is 32.7 Å². The van der Waals surface area contributed by atoms with Gasteiger partial charge in [0.25, 0.3) is 5.91 Å². The van der Waals surface area contributed by atoms with Gasteiger partial charge in [0.15, 0.2) is 6.61 Å². The monoisotopic (exact) mass is 364 g/mol. The third-order valence-electron chi connectivity index (χ3n) is 4.09. The van der Waals surface area contributed by atoms with E-state index in [4.69, 9.17) is 9.47 Å². The lowest BCUT2D eigenvalue weighted by atomic mass is 10.1. The molecule has 26 heavy (non-hydrogen) atoms. The average Bonchev–Trinajstić information content (AvgIpc) is 2.60. The SMILES string of the molecule is CCOC(=O)N1CCC(NC(=O)COC(=O)c2ccc(C)cc2O)CC1. The van der Waals surface area contributed by atoms with Crippen molar-refractivity contribution in [1.82, 2.24) is 10.2 Å². The summed E-state index contributed by atoms with van der Waals surface area (Å²) in [6.07, 6.45) is 0.873. The predicted octanol–water partition coefficient (Wildman–Crippen LogP) is 1.59. The lowest BCUT2D eigenvalue weighted by Gasteiger charge is -2.31. The van der Waals surface area contributed by atoms with Crippen LogP contribution in [0.4, 0.5) is 4.79 Å². The molecule has 1 heterocycles. The molecule has 1 aliphatic rings. The molecule has 0 radical (unpaired) electrons. The second kappa shape index (κ2) is 9.07. The van der Waals surface area contributed by atoms with E-state index in [0.29, 0.717) is 32.5 Å². The van der Waals surface area contributed by atoms with Gasteiger partial charge in [0.1, 0.15) is 11.3 Å². The average molecular weight is 364 g/mol. The van der Waals surface area contributed by atoms with Crippen LogP contribution in [0.5, 0.6) is 5.75 Å². The molecule has 8 heteroatoms. The van der Waals surface area contributed by atoms with E-state index in [1.54, 1.807) is 24.8 Å². The van der Waals surface area contributed by atoms with E-state index in [1.807, 2.05) is 0 Å². The van der Waals surface area contributed by atoms with Gasteiger partial charge < -0.3 is 24.8 Å². The van der Waals surface area contributed by atoms with E-state index in [0.717, 1.165) is 5.56 Å². The first kappa shape index (κ1) is 19.6. The minimum absolute atomic E-state index is 0.0196. The van der Waals surface area contributed by atoms with Crippen molar-refractivity contribution in [3.63, 3.8) is 0 Å². The number of carbonyl (C=O) groups is 3. The highest BCUT2D eigenvalue weighted by Crippen LogP contribution is 2.19. The Morgan fingerprint density at radius 3 is 2.54 bits per heavy atom. The van der Waals surface area contributed by atoms with Crippen molar-refractivity contribution in [1.29, 1.82) is 0 Å². The number of hydrogen-bond acceptors (Lipinski definition) is 6. The van der Waals surface area contributed by atoms with Crippen LogP contribution < -0.4 is 5.32 Å². The Kier molecular flexibility index (Phi) is 6.82. The second-order valence-electron chi connectivity index (χ2n) is 6.12. The van der Waals surface area contributed by atoms with Crippen LogP contribution in [-0.4, -0.2) is 60.3 Å². The Bertz CT molecular complexity index is 668. The smallest absolute Gasteiger partial charge is 0.409 e. The van der Waals surface area contributed by atoms with E-state index >= 15 is 0 Å². The van der Waals surface area contributed by atoms with Crippen molar-refractivity contribution in [2.75, 3.05) is 26.3 Å². The number of rotatable bonds is 5. The Morgan fingerprint density at radius 2 is 1.92 bits per heavy atom. The van der Waals surface area contributed by atoms with Crippen LogP contribution in [0, 0.1) is 6.92 Å². The lowest BCUT2D eigenvalue weighted by Crippen LogP contribution is -2.47. The zero-order valence-corrected chi connectivity index (χ0v) is 15.0. The van der Waals surface area contributed by atoms with E-state index in [-0.39, 0.29) is 23.4 Å². The zero-order chi connectivity index (χ0) is 19.1. The number of phenols is 1. The number of piperidine rings is 1. The molecule has 1 aromatic rings. The summed E-state index contributed by atoms with van der Waals surface area (Å²) >= 11 is 0. The summed E-state index contributed by atoms with van der Waals surface area (Å²) in [6.45, 7) is 4.45. The van der Waals surface area contributed by atoms with Crippen molar-refractivity contribution < 1.29 is 29.0 Å².